The quantitative estimate of drug-likeness (QED) is 0.870. The Morgan fingerprint density at radius 2 is 1.86 bits per heavy atom. The van der Waals surface area contributed by atoms with E-state index in [0.29, 0.717) is 11.8 Å². The molecule has 0 saturated heterocycles. The zero-order valence-corrected chi connectivity index (χ0v) is 13.2. The second-order valence-electron chi connectivity index (χ2n) is 6.03. The van der Waals surface area contributed by atoms with Gasteiger partial charge in [0.1, 0.15) is 0 Å². The van der Waals surface area contributed by atoms with Gasteiger partial charge in [0.15, 0.2) is 0 Å². The van der Waals surface area contributed by atoms with E-state index >= 15 is 0 Å². The lowest BCUT2D eigenvalue weighted by Crippen LogP contribution is -2.24. The number of nitrogens with zero attached hydrogens (tertiary/aromatic N) is 1. The number of pyridine rings is 1. The predicted octanol–water partition coefficient (Wildman–Crippen LogP) is 3.98. The van der Waals surface area contributed by atoms with Crippen molar-refractivity contribution < 1.29 is 5.11 Å². The monoisotopic (exact) mass is 283 g/mol. The highest BCUT2D eigenvalue weighted by Gasteiger charge is 2.25. The lowest BCUT2D eigenvalue weighted by atomic mass is 9.77. The topological polar surface area (TPSA) is 33.1 Å². The Morgan fingerprint density at radius 1 is 1.10 bits per heavy atom. The van der Waals surface area contributed by atoms with Crippen LogP contribution in [0.2, 0.25) is 0 Å². The lowest BCUT2D eigenvalue weighted by molar-refractivity contribution is 0.161. The largest absolute Gasteiger partial charge is 0.396 e. The molecule has 3 atom stereocenters. The minimum atomic E-state index is 0.219. The highest BCUT2D eigenvalue weighted by Crippen LogP contribution is 2.33. The third-order valence-electron chi connectivity index (χ3n) is 4.54. The van der Waals surface area contributed by atoms with Crippen LogP contribution >= 0.6 is 0 Å². The summed E-state index contributed by atoms with van der Waals surface area (Å²) in [6.07, 6.45) is 4.67. The smallest absolute Gasteiger partial charge is 0.0467 e. The van der Waals surface area contributed by atoms with Gasteiger partial charge in [-0.25, -0.2) is 0 Å². The Kier molecular flexibility index (Phi) is 5.51. The maximum absolute atomic E-state index is 9.88. The third kappa shape index (κ3) is 3.92. The standard InChI is InChI=1S/C19H25NO/c1-14-7-4-5-9-18(14)16(3)19(13-21)15(2)11-17-8-6-10-20-12-17/h4-10,12,15-16,19,21H,11,13H2,1-3H3. The van der Waals surface area contributed by atoms with E-state index in [1.807, 2.05) is 12.3 Å². The fourth-order valence-corrected chi connectivity index (χ4v) is 3.20. The zero-order valence-electron chi connectivity index (χ0n) is 13.2. The van der Waals surface area contributed by atoms with Gasteiger partial charge in [0.05, 0.1) is 0 Å². The van der Waals surface area contributed by atoms with Crippen molar-refractivity contribution in [3.63, 3.8) is 0 Å². The molecule has 0 radical (unpaired) electrons. The molecular formula is C19H25NO. The number of rotatable bonds is 6. The van der Waals surface area contributed by atoms with E-state index in [1.54, 1.807) is 6.20 Å². The first-order valence-corrected chi connectivity index (χ1v) is 7.68. The molecule has 1 aromatic heterocycles. The Balaban J connectivity index is 2.13. The van der Waals surface area contributed by atoms with Crippen LogP contribution in [0.5, 0.6) is 0 Å². The second-order valence-corrected chi connectivity index (χ2v) is 6.03. The van der Waals surface area contributed by atoms with E-state index in [4.69, 9.17) is 0 Å². The minimum absolute atomic E-state index is 0.219. The van der Waals surface area contributed by atoms with Crippen LogP contribution in [0.3, 0.4) is 0 Å². The molecule has 0 aliphatic carbocycles. The van der Waals surface area contributed by atoms with Crippen molar-refractivity contribution in [1.82, 2.24) is 4.98 Å². The number of hydrogen-bond acceptors (Lipinski definition) is 2. The van der Waals surface area contributed by atoms with E-state index in [2.05, 4.69) is 56.1 Å². The van der Waals surface area contributed by atoms with Crippen molar-refractivity contribution in [3.8, 4) is 0 Å². The number of aliphatic hydroxyl groups excluding tert-OH is 1. The number of aromatic nitrogens is 1. The molecule has 0 spiro atoms. The fourth-order valence-electron chi connectivity index (χ4n) is 3.20. The Bertz CT molecular complexity index is 553. The van der Waals surface area contributed by atoms with Crippen molar-refractivity contribution in [2.24, 2.45) is 11.8 Å². The summed E-state index contributed by atoms with van der Waals surface area (Å²) in [6, 6.07) is 12.6. The molecule has 1 heterocycles. The molecule has 0 saturated carbocycles. The first-order chi connectivity index (χ1) is 10.1. The number of aryl methyl sites for hydroxylation is 1. The lowest BCUT2D eigenvalue weighted by Gasteiger charge is -2.29. The summed E-state index contributed by atoms with van der Waals surface area (Å²) in [7, 11) is 0. The third-order valence-corrected chi connectivity index (χ3v) is 4.54. The maximum atomic E-state index is 9.88. The van der Waals surface area contributed by atoms with Crippen LogP contribution in [0.15, 0.2) is 48.8 Å². The summed E-state index contributed by atoms with van der Waals surface area (Å²) >= 11 is 0. The van der Waals surface area contributed by atoms with E-state index < -0.39 is 0 Å². The normalized spacial score (nSPS) is 15.4. The van der Waals surface area contributed by atoms with Gasteiger partial charge in [-0.2, -0.15) is 0 Å². The summed E-state index contributed by atoms with van der Waals surface area (Å²) < 4.78 is 0. The molecule has 3 unspecified atom stereocenters. The van der Waals surface area contributed by atoms with Crippen LogP contribution in [0, 0.1) is 18.8 Å². The highest BCUT2D eigenvalue weighted by atomic mass is 16.3. The van der Waals surface area contributed by atoms with Crippen LogP contribution in [-0.2, 0) is 6.42 Å². The van der Waals surface area contributed by atoms with Crippen molar-refractivity contribution in [2.45, 2.75) is 33.1 Å². The highest BCUT2D eigenvalue weighted by molar-refractivity contribution is 5.29. The fraction of sp³-hybridized carbons (Fsp3) is 0.421. The van der Waals surface area contributed by atoms with E-state index in [1.165, 1.54) is 16.7 Å². The average Bonchev–Trinajstić information content (AvgIpc) is 2.49. The molecule has 0 aliphatic heterocycles. The molecule has 2 aromatic rings. The Morgan fingerprint density at radius 3 is 2.48 bits per heavy atom. The molecule has 1 N–H and O–H groups in total. The van der Waals surface area contributed by atoms with Gasteiger partial charge >= 0.3 is 0 Å². The molecule has 112 valence electrons. The second kappa shape index (κ2) is 7.37. The van der Waals surface area contributed by atoms with Gasteiger partial charge in [-0.15, -0.1) is 0 Å². The summed E-state index contributed by atoms with van der Waals surface area (Å²) in [5.41, 5.74) is 3.88. The zero-order chi connectivity index (χ0) is 15.2. The SMILES string of the molecule is Cc1ccccc1C(C)C(CO)C(C)Cc1cccnc1. The van der Waals surface area contributed by atoms with Crippen molar-refractivity contribution in [1.29, 1.82) is 0 Å². The molecule has 2 heteroatoms. The van der Waals surface area contributed by atoms with Crippen LogP contribution in [0.4, 0.5) is 0 Å². The molecule has 0 fully saturated rings. The van der Waals surface area contributed by atoms with Crippen molar-refractivity contribution >= 4 is 0 Å². The molecule has 0 amide bonds. The molecule has 2 rings (SSSR count). The van der Waals surface area contributed by atoms with Gasteiger partial charge in [0.2, 0.25) is 0 Å². The van der Waals surface area contributed by atoms with Crippen LogP contribution in [0.25, 0.3) is 0 Å². The molecular weight excluding hydrogens is 258 g/mol. The van der Waals surface area contributed by atoms with Crippen LogP contribution in [0.1, 0.15) is 36.5 Å². The summed E-state index contributed by atoms with van der Waals surface area (Å²) in [5.74, 6) is 1.02. The van der Waals surface area contributed by atoms with Gasteiger partial charge in [-0.05, 0) is 53.9 Å². The molecule has 21 heavy (non-hydrogen) atoms. The van der Waals surface area contributed by atoms with Gasteiger partial charge in [-0.1, -0.05) is 44.2 Å². The van der Waals surface area contributed by atoms with Gasteiger partial charge in [-0.3, -0.25) is 4.98 Å². The Hall–Kier alpha value is -1.67. The average molecular weight is 283 g/mol. The van der Waals surface area contributed by atoms with E-state index in [-0.39, 0.29) is 12.5 Å². The Labute approximate surface area is 127 Å². The van der Waals surface area contributed by atoms with Gasteiger partial charge in [0.25, 0.3) is 0 Å². The number of benzene rings is 1. The minimum Gasteiger partial charge on any atom is -0.396 e. The summed E-state index contributed by atoms with van der Waals surface area (Å²) in [4.78, 5) is 4.18. The summed E-state index contributed by atoms with van der Waals surface area (Å²) in [5, 5.41) is 9.88. The van der Waals surface area contributed by atoms with Crippen LogP contribution in [-0.4, -0.2) is 16.7 Å². The van der Waals surface area contributed by atoms with Gasteiger partial charge < -0.3 is 5.11 Å². The maximum Gasteiger partial charge on any atom is 0.0467 e. The number of hydrogen-bond donors (Lipinski definition) is 1. The van der Waals surface area contributed by atoms with Crippen molar-refractivity contribution in [3.05, 3.63) is 65.5 Å². The van der Waals surface area contributed by atoms with Crippen molar-refractivity contribution in [2.75, 3.05) is 6.61 Å². The molecule has 0 aliphatic rings. The number of aliphatic hydroxyl groups is 1. The first kappa shape index (κ1) is 15.7. The first-order valence-electron chi connectivity index (χ1n) is 7.68. The molecule has 1 aromatic carbocycles. The predicted molar refractivity (Wildman–Crippen MR) is 87.3 cm³/mol. The summed E-state index contributed by atoms with van der Waals surface area (Å²) in [6.45, 7) is 6.81. The van der Waals surface area contributed by atoms with E-state index in [0.717, 1.165) is 6.42 Å². The molecule has 0 bridgehead atoms. The van der Waals surface area contributed by atoms with E-state index in [9.17, 15) is 5.11 Å². The van der Waals surface area contributed by atoms with Crippen LogP contribution < -0.4 is 0 Å². The molecule has 2 nitrogen and oxygen atoms in total. The van der Waals surface area contributed by atoms with Gasteiger partial charge in [0, 0.05) is 19.0 Å².